The summed E-state index contributed by atoms with van der Waals surface area (Å²) < 4.78 is 37.6. The van der Waals surface area contributed by atoms with E-state index in [-0.39, 0.29) is 67.9 Å². The number of ether oxygens (including phenoxy) is 1. The average Bonchev–Trinajstić information content (AvgIpc) is 2.83. The van der Waals surface area contributed by atoms with Crippen molar-refractivity contribution in [3.05, 3.63) is 0 Å². The number of carboxylic acids is 1. The fraction of sp³-hybridized carbons (Fsp3) is 0.885. The molecule has 0 spiro atoms. The van der Waals surface area contributed by atoms with Crippen LogP contribution in [0.4, 0.5) is 0 Å². The monoisotopic (exact) mass is 590 g/mol. The van der Waals surface area contributed by atoms with Gasteiger partial charge >= 0.3 is 41.5 Å². The van der Waals surface area contributed by atoms with Crippen LogP contribution in [0.1, 0.15) is 116 Å². The van der Waals surface area contributed by atoms with E-state index in [2.05, 4.69) is 6.92 Å². The van der Waals surface area contributed by atoms with Gasteiger partial charge in [0, 0.05) is 13.0 Å². The van der Waals surface area contributed by atoms with Crippen LogP contribution in [0, 0.1) is 0 Å². The van der Waals surface area contributed by atoms with Crippen molar-refractivity contribution in [1.82, 2.24) is 11.1 Å². The Morgan fingerprint density at radius 2 is 1.26 bits per heavy atom. The molecule has 226 valence electrons. The number of hydrogen-bond donors (Lipinski definition) is 3. The Labute approximate surface area is 257 Å². The topological polar surface area (TPSA) is 196 Å². The van der Waals surface area contributed by atoms with Gasteiger partial charge in [0.25, 0.3) is 0 Å². The Kier molecular flexibility index (Phi) is 30.0. The predicted molar refractivity (Wildman–Crippen MR) is 145 cm³/mol. The van der Waals surface area contributed by atoms with E-state index >= 15 is 0 Å². The number of carbonyl (C=O) groups is 3. The van der Waals surface area contributed by atoms with Crippen LogP contribution in [0.5, 0.6) is 0 Å². The number of hydrogen-bond acceptors (Lipinski definition) is 9. The first-order valence-corrected chi connectivity index (χ1v) is 15.3. The fourth-order valence-corrected chi connectivity index (χ4v) is 4.67. The maximum Gasteiger partial charge on any atom is 1.00 e. The van der Waals surface area contributed by atoms with Crippen molar-refractivity contribution >= 4 is 28.0 Å². The zero-order valence-electron chi connectivity index (χ0n) is 24.2. The Balaban J connectivity index is -0.00000648. The molecule has 0 radical (unpaired) electrons. The van der Waals surface area contributed by atoms with E-state index in [0.29, 0.717) is 6.42 Å². The first-order valence-electron chi connectivity index (χ1n) is 13.8. The molecule has 0 bridgehead atoms. The number of carbonyl (C=O) groups excluding carboxylic acids is 2. The molecule has 0 aliphatic carbocycles. The molecule has 0 rings (SSSR count). The van der Waals surface area contributed by atoms with Crippen LogP contribution < -0.4 is 35.7 Å². The number of carboxylic acid groups (broad SMARTS) is 1. The summed E-state index contributed by atoms with van der Waals surface area (Å²) in [6, 6.07) is 0. The summed E-state index contributed by atoms with van der Waals surface area (Å²) in [5, 5.41) is 15.6. The summed E-state index contributed by atoms with van der Waals surface area (Å²) in [5.41, 5.74) is 0. The minimum atomic E-state index is -5.20. The minimum absolute atomic E-state index is 0. The second-order valence-corrected chi connectivity index (χ2v) is 11.1. The van der Waals surface area contributed by atoms with E-state index < -0.39 is 33.7 Å². The van der Waals surface area contributed by atoms with Gasteiger partial charge < -0.3 is 30.6 Å². The number of nitrogens with zero attached hydrogens (tertiary/aromatic N) is 1. The third-order valence-corrected chi connectivity index (χ3v) is 7.38. The quantitative estimate of drug-likeness (QED) is 0.0600. The minimum Gasteiger partial charge on any atom is -0.747 e. The van der Waals surface area contributed by atoms with Crippen LogP contribution in [0.3, 0.4) is 0 Å². The van der Waals surface area contributed by atoms with Gasteiger partial charge in [-0.2, -0.15) is 0 Å². The van der Waals surface area contributed by atoms with Crippen molar-refractivity contribution in [2.24, 2.45) is 0 Å². The Bertz CT molecular complexity index is 739. The summed E-state index contributed by atoms with van der Waals surface area (Å²) >= 11 is 0. The maximum atomic E-state index is 12.4. The Hall–Kier alpha value is -0.760. The zero-order chi connectivity index (χ0) is 27.9. The fourth-order valence-electron chi connectivity index (χ4n) is 4.08. The van der Waals surface area contributed by atoms with E-state index in [0.717, 1.165) is 25.7 Å². The standard InChI is InChI=1S/C26H49NO9S.H3N.Na/c1-2-3-4-5-6-7-8-9-10-11-12-13-14-15-16-17-24(29)27(18-20-28)19-21-36-25(30)22-23(26(31)32)37(33,34)35;;/h23,28H,2-22H2,1H3,(H,31,32)(H,33,34,35);1H3;/q;;+1/p-1. The van der Waals surface area contributed by atoms with E-state index in [4.69, 9.17) is 9.84 Å². The maximum absolute atomic E-state index is 12.4. The van der Waals surface area contributed by atoms with Crippen LogP contribution in [-0.2, 0) is 29.2 Å². The Morgan fingerprint density at radius 1 is 0.821 bits per heavy atom. The van der Waals surface area contributed by atoms with Crippen molar-refractivity contribution in [3.63, 3.8) is 0 Å². The van der Waals surface area contributed by atoms with Gasteiger partial charge in [0.15, 0.2) is 5.25 Å². The summed E-state index contributed by atoms with van der Waals surface area (Å²) in [7, 11) is -5.20. The first kappa shape index (κ1) is 42.7. The van der Waals surface area contributed by atoms with Crippen molar-refractivity contribution in [3.8, 4) is 0 Å². The van der Waals surface area contributed by atoms with E-state index in [1.54, 1.807) is 0 Å². The average molecular weight is 591 g/mol. The number of unbranched alkanes of at least 4 members (excludes halogenated alkanes) is 14. The van der Waals surface area contributed by atoms with Gasteiger partial charge in [-0.05, 0) is 6.42 Å². The van der Waals surface area contributed by atoms with Crippen LogP contribution in [0.2, 0.25) is 0 Å². The van der Waals surface area contributed by atoms with Gasteiger partial charge in [-0.3, -0.25) is 14.4 Å². The third kappa shape index (κ3) is 24.7. The molecule has 0 saturated carbocycles. The number of aliphatic hydroxyl groups excluding tert-OH is 1. The summed E-state index contributed by atoms with van der Waals surface area (Å²) in [5.74, 6) is -3.27. The molecule has 13 heteroatoms. The molecule has 1 unspecified atom stereocenters. The Morgan fingerprint density at radius 3 is 1.64 bits per heavy atom. The van der Waals surface area contributed by atoms with Crippen molar-refractivity contribution in [2.75, 3.05) is 26.3 Å². The molecule has 0 aliphatic rings. The van der Waals surface area contributed by atoms with Crippen molar-refractivity contribution in [2.45, 2.75) is 121 Å². The van der Waals surface area contributed by atoms with Crippen LogP contribution >= 0.6 is 0 Å². The molecule has 0 aliphatic heterocycles. The molecule has 0 aromatic heterocycles. The molecule has 1 atom stereocenters. The van der Waals surface area contributed by atoms with Gasteiger partial charge in [0.05, 0.1) is 19.6 Å². The summed E-state index contributed by atoms with van der Waals surface area (Å²) in [6.45, 7) is 1.71. The number of aliphatic hydroxyl groups is 1. The smallest absolute Gasteiger partial charge is 0.747 e. The molecule has 39 heavy (non-hydrogen) atoms. The van der Waals surface area contributed by atoms with Crippen LogP contribution in [-0.4, -0.2) is 77.5 Å². The predicted octanol–water partition coefficient (Wildman–Crippen LogP) is 1.17. The second-order valence-electron chi connectivity index (χ2n) is 9.55. The van der Waals surface area contributed by atoms with Crippen LogP contribution in [0.25, 0.3) is 0 Å². The summed E-state index contributed by atoms with van der Waals surface area (Å²) in [6.07, 6.45) is 17.6. The summed E-state index contributed by atoms with van der Waals surface area (Å²) in [4.78, 5) is 36.3. The molecule has 0 saturated heterocycles. The van der Waals surface area contributed by atoms with E-state index in [1.165, 1.54) is 75.5 Å². The molecule has 1 amide bonds. The van der Waals surface area contributed by atoms with Gasteiger partial charge in [0.2, 0.25) is 5.91 Å². The molecule has 0 heterocycles. The second kappa shape index (κ2) is 27.4. The largest absolute Gasteiger partial charge is 1.00 e. The molecule has 11 nitrogen and oxygen atoms in total. The van der Waals surface area contributed by atoms with Gasteiger partial charge in [0.1, 0.15) is 16.7 Å². The molecular formula is C26H51N2NaO9S. The normalized spacial score (nSPS) is 11.7. The number of rotatable bonds is 25. The number of aliphatic carboxylic acids is 1. The van der Waals surface area contributed by atoms with E-state index in [9.17, 15) is 32.5 Å². The molecule has 5 N–H and O–H groups in total. The van der Waals surface area contributed by atoms with Crippen molar-refractivity contribution < 1.29 is 71.9 Å². The van der Waals surface area contributed by atoms with Gasteiger partial charge in [-0.15, -0.1) is 0 Å². The van der Waals surface area contributed by atoms with Crippen molar-refractivity contribution in [1.29, 1.82) is 0 Å². The third-order valence-electron chi connectivity index (χ3n) is 6.32. The van der Waals surface area contributed by atoms with Gasteiger partial charge in [-0.1, -0.05) is 96.8 Å². The van der Waals surface area contributed by atoms with Gasteiger partial charge in [-0.25, -0.2) is 8.42 Å². The zero-order valence-corrected chi connectivity index (χ0v) is 27.1. The molecule has 0 aromatic rings. The molecular weight excluding hydrogens is 539 g/mol. The van der Waals surface area contributed by atoms with Crippen LogP contribution in [0.15, 0.2) is 0 Å². The number of amides is 1. The first-order chi connectivity index (χ1) is 17.6. The molecule has 0 aromatic carbocycles. The number of esters is 1. The SMILES string of the molecule is CCCCCCCCCCCCCCCCCC(=O)N(CCO)CCOC(=O)CC(C(=O)O)S(=O)(=O)[O-].N.[Na+]. The molecule has 0 fully saturated rings. The van der Waals surface area contributed by atoms with E-state index in [1.807, 2.05) is 0 Å².